The molecule has 0 saturated heterocycles. The predicted octanol–water partition coefficient (Wildman–Crippen LogP) is 3.40. The minimum absolute atomic E-state index is 0.0881. The van der Waals surface area contributed by atoms with Crippen LogP contribution < -0.4 is 0 Å². The molecule has 1 aliphatic rings. The first-order chi connectivity index (χ1) is 7.86. The number of allylic oxidation sites excluding steroid dienone is 4. The molecule has 2 N–H and O–H groups in total. The monoisotopic (exact) mass is 260 g/mol. The largest absolute Gasteiger partial charge is 0.511 e. The summed E-state index contributed by atoms with van der Waals surface area (Å²) < 4.78 is 17.4. The van der Waals surface area contributed by atoms with Gasteiger partial charge in [-0.1, -0.05) is 32.4 Å². The van der Waals surface area contributed by atoms with Crippen LogP contribution in [0.15, 0.2) is 24.0 Å². The van der Waals surface area contributed by atoms with Gasteiger partial charge in [0.1, 0.15) is 10.9 Å². The molecule has 0 aliphatic heterocycles. The van der Waals surface area contributed by atoms with Crippen molar-refractivity contribution in [3.8, 4) is 0 Å². The average molecular weight is 260 g/mol. The summed E-state index contributed by atoms with van der Waals surface area (Å²) in [7, 11) is -3.89. The van der Waals surface area contributed by atoms with Crippen molar-refractivity contribution in [2.24, 2.45) is 5.92 Å². The van der Waals surface area contributed by atoms with E-state index in [0.717, 1.165) is 12.8 Å². The van der Waals surface area contributed by atoms with Crippen molar-refractivity contribution in [2.75, 3.05) is 6.61 Å². The van der Waals surface area contributed by atoms with Crippen molar-refractivity contribution in [3.05, 3.63) is 24.0 Å². The Morgan fingerprint density at radius 1 is 1.59 bits per heavy atom. The van der Waals surface area contributed by atoms with Gasteiger partial charge in [-0.3, -0.25) is 4.57 Å². The lowest BCUT2D eigenvalue weighted by molar-refractivity contribution is 0.209. The molecule has 98 valence electrons. The first kappa shape index (κ1) is 14.5. The third-order valence-corrected chi connectivity index (χ3v) is 5.75. The standard InChI is InChI=1S/C12H21O4P/c1-4-5-9-16-17(14,15)12(3)10(2)7-6-8-11(12)13/h6-8,10,13H,4-5,9H2,1-3H3,(H,14,15). The zero-order chi connectivity index (χ0) is 13.1. The third-order valence-electron chi connectivity index (χ3n) is 3.41. The molecule has 1 aliphatic carbocycles. The van der Waals surface area contributed by atoms with Gasteiger partial charge in [-0.2, -0.15) is 0 Å². The molecule has 0 amide bonds. The van der Waals surface area contributed by atoms with E-state index in [-0.39, 0.29) is 18.3 Å². The summed E-state index contributed by atoms with van der Waals surface area (Å²) in [6.45, 7) is 5.59. The molecule has 4 nitrogen and oxygen atoms in total. The van der Waals surface area contributed by atoms with Gasteiger partial charge in [0.15, 0.2) is 0 Å². The highest BCUT2D eigenvalue weighted by Gasteiger charge is 2.52. The molecule has 0 fully saturated rings. The molecule has 0 bridgehead atoms. The highest BCUT2D eigenvalue weighted by atomic mass is 31.2. The average Bonchev–Trinajstić information content (AvgIpc) is 2.25. The summed E-state index contributed by atoms with van der Waals surface area (Å²) in [5.41, 5.74) is 0. The van der Waals surface area contributed by atoms with E-state index in [9.17, 15) is 14.6 Å². The molecule has 0 heterocycles. The zero-order valence-corrected chi connectivity index (χ0v) is 11.5. The van der Waals surface area contributed by atoms with Crippen molar-refractivity contribution in [1.29, 1.82) is 0 Å². The van der Waals surface area contributed by atoms with Crippen molar-refractivity contribution in [2.45, 2.75) is 38.8 Å². The summed E-state index contributed by atoms with van der Waals surface area (Å²) in [5.74, 6) is -0.334. The fraction of sp³-hybridized carbons (Fsp3) is 0.667. The molecule has 0 aromatic rings. The second kappa shape index (κ2) is 5.38. The topological polar surface area (TPSA) is 66.8 Å². The van der Waals surface area contributed by atoms with Gasteiger partial charge in [0.05, 0.1) is 6.61 Å². The minimum Gasteiger partial charge on any atom is -0.511 e. The highest BCUT2D eigenvalue weighted by Crippen LogP contribution is 2.62. The van der Waals surface area contributed by atoms with Gasteiger partial charge in [0, 0.05) is 0 Å². The highest BCUT2D eigenvalue weighted by molar-refractivity contribution is 7.54. The van der Waals surface area contributed by atoms with Crippen LogP contribution in [0.4, 0.5) is 0 Å². The summed E-state index contributed by atoms with van der Waals surface area (Å²) in [4.78, 5) is 10.1. The Balaban J connectivity index is 2.91. The van der Waals surface area contributed by atoms with E-state index in [1.54, 1.807) is 26.0 Å². The maximum absolute atomic E-state index is 12.3. The summed E-state index contributed by atoms with van der Waals surface area (Å²) >= 11 is 0. The van der Waals surface area contributed by atoms with Crippen LogP contribution in [-0.2, 0) is 9.09 Å². The fourth-order valence-electron chi connectivity index (χ4n) is 1.77. The molecule has 17 heavy (non-hydrogen) atoms. The molecule has 5 heteroatoms. The van der Waals surface area contributed by atoms with Crippen LogP contribution in [0.2, 0.25) is 0 Å². The molecule has 0 spiro atoms. The Kier molecular flexibility index (Phi) is 4.59. The number of aliphatic hydroxyl groups is 1. The number of unbranched alkanes of at least 4 members (excludes halogenated alkanes) is 1. The van der Waals surface area contributed by atoms with Crippen LogP contribution >= 0.6 is 7.60 Å². The van der Waals surface area contributed by atoms with Crippen LogP contribution in [0.25, 0.3) is 0 Å². The smallest absolute Gasteiger partial charge is 0.342 e. The third kappa shape index (κ3) is 2.65. The maximum Gasteiger partial charge on any atom is 0.342 e. The van der Waals surface area contributed by atoms with Crippen molar-refractivity contribution >= 4 is 7.60 Å². The lowest BCUT2D eigenvalue weighted by atomic mass is 9.89. The van der Waals surface area contributed by atoms with E-state index < -0.39 is 12.8 Å². The van der Waals surface area contributed by atoms with Crippen molar-refractivity contribution in [1.82, 2.24) is 0 Å². The number of rotatable bonds is 5. The predicted molar refractivity (Wildman–Crippen MR) is 68.1 cm³/mol. The van der Waals surface area contributed by atoms with Gasteiger partial charge in [0.2, 0.25) is 0 Å². The van der Waals surface area contributed by atoms with E-state index >= 15 is 0 Å². The molecule has 1 rings (SSSR count). The zero-order valence-electron chi connectivity index (χ0n) is 10.6. The molecule has 0 saturated carbocycles. The number of aliphatic hydroxyl groups excluding tert-OH is 1. The van der Waals surface area contributed by atoms with Crippen LogP contribution in [-0.4, -0.2) is 21.8 Å². The molecule has 0 radical (unpaired) electrons. The molecule has 3 unspecified atom stereocenters. The molecule has 3 atom stereocenters. The van der Waals surface area contributed by atoms with Crippen LogP contribution in [0.5, 0.6) is 0 Å². The van der Waals surface area contributed by atoms with Gasteiger partial charge in [0.25, 0.3) is 0 Å². The fourth-order valence-corrected chi connectivity index (χ4v) is 3.38. The second-order valence-electron chi connectivity index (χ2n) is 4.58. The van der Waals surface area contributed by atoms with Crippen LogP contribution in [0.3, 0.4) is 0 Å². The minimum atomic E-state index is -3.89. The lowest BCUT2D eigenvalue weighted by Crippen LogP contribution is -2.36. The summed E-state index contributed by atoms with van der Waals surface area (Å²) in [6, 6.07) is 0. The maximum atomic E-state index is 12.3. The van der Waals surface area contributed by atoms with E-state index in [2.05, 4.69) is 0 Å². The summed E-state index contributed by atoms with van der Waals surface area (Å²) in [5, 5.41) is 8.65. The Labute approximate surface area is 103 Å². The second-order valence-corrected chi connectivity index (χ2v) is 6.81. The Morgan fingerprint density at radius 3 is 2.76 bits per heavy atom. The van der Waals surface area contributed by atoms with E-state index in [1.165, 1.54) is 6.08 Å². The van der Waals surface area contributed by atoms with Crippen LogP contribution in [0, 0.1) is 5.92 Å². The van der Waals surface area contributed by atoms with Crippen molar-refractivity contribution < 1.29 is 19.1 Å². The molecule has 0 aromatic heterocycles. The van der Waals surface area contributed by atoms with Gasteiger partial charge in [-0.05, 0) is 25.3 Å². The van der Waals surface area contributed by atoms with E-state index in [1.807, 2.05) is 6.92 Å². The van der Waals surface area contributed by atoms with Gasteiger partial charge < -0.3 is 14.5 Å². The molecular formula is C12H21O4P. The number of hydrogen-bond acceptors (Lipinski definition) is 3. The Bertz CT molecular complexity index is 375. The molecule has 0 aromatic carbocycles. The molecular weight excluding hydrogens is 239 g/mol. The summed E-state index contributed by atoms with van der Waals surface area (Å²) in [6.07, 6.45) is 6.56. The first-order valence-corrected chi connectivity index (χ1v) is 7.49. The van der Waals surface area contributed by atoms with Crippen LogP contribution in [0.1, 0.15) is 33.6 Å². The Hall–Kier alpha value is -0.570. The first-order valence-electron chi connectivity index (χ1n) is 5.91. The SMILES string of the molecule is CCCCOP(=O)(O)C1(C)C(O)=CC=CC1C. The van der Waals surface area contributed by atoms with Gasteiger partial charge in [-0.25, -0.2) is 0 Å². The van der Waals surface area contributed by atoms with Crippen molar-refractivity contribution in [3.63, 3.8) is 0 Å². The quantitative estimate of drug-likeness (QED) is 0.587. The lowest BCUT2D eigenvalue weighted by Gasteiger charge is -2.37. The van der Waals surface area contributed by atoms with E-state index in [4.69, 9.17) is 4.52 Å². The van der Waals surface area contributed by atoms with Gasteiger partial charge in [-0.15, -0.1) is 0 Å². The number of hydrogen-bond donors (Lipinski definition) is 2. The van der Waals surface area contributed by atoms with Gasteiger partial charge >= 0.3 is 7.60 Å². The normalized spacial score (nSPS) is 32.0. The Morgan fingerprint density at radius 2 is 2.24 bits per heavy atom. The van der Waals surface area contributed by atoms with E-state index in [0.29, 0.717) is 0 Å².